The summed E-state index contributed by atoms with van der Waals surface area (Å²) in [4.78, 5) is 47.8. The smallest absolute Gasteiger partial charge is 0.224 e. The summed E-state index contributed by atoms with van der Waals surface area (Å²) in [5.74, 6) is 1.45. The Morgan fingerprint density at radius 3 is 1.69 bits per heavy atom. The minimum atomic E-state index is -0.666. The molecule has 2 aromatic heterocycles. The first-order chi connectivity index (χ1) is 32.7. The van der Waals surface area contributed by atoms with Crippen LogP contribution in [0, 0.1) is 71.9 Å². The van der Waals surface area contributed by atoms with Crippen LogP contribution in [0.4, 0.5) is 14.6 Å². The van der Waals surface area contributed by atoms with Gasteiger partial charge in [0.2, 0.25) is 10.6 Å². The number of carbonyl (C=O) groups excluding carboxylic acids is 2. The number of hydrogen-bond acceptors (Lipinski definition) is 14. The van der Waals surface area contributed by atoms with Gasteiger partial charge in [0.15, 0.2) is 22.6 Å². The molecule has 402 valence electrons. The van der Waals surface area contributed by atoms with E-state index in [-0.39, 0.29) is 87.9 Å². The van der Waals surface area contributed by atoms with Crippen molar-refractivity contribution in [2.75, 3.05) is 31.5 Å². The fraction of sp³-hybridized carbons (Fsp3) is 0.804. The van der Waals surface area contributed by atoms with E-state index in [1.54, 1.807) is 0 Å². The third kappa shape index (κ3) is 15.6. The zero-order valence-corrected chi connectivity index (χ0v) is 47.8. The van der Waals surface area contributed by atoms with E-state index in [1.807, 2.05) is 0 Å². The van der Waals surface area contributed by atoms with E-state index in [2.05, 4.69) is 133 Å². The third-order valence-corrected chi connectivity index (χ3v) is 17.5. The number of halogens is 5. The molecule has 0 saturated carbocycles. The van der Waals surface area contributed by atoms with Gasteiger partial charge < -0.3 is 11.1 Å². The summed E-state index contributed by atoms with van der Waals surface area (Å²) in [6.07, 6.45) is 16.7. The second-order valence-corrected chi connectivity index (χ2v) is 24.5. The minimum Gasteiger partial charge on any atom is -0.364 e. The first kappa shape index (κ1) is 62.6. The van der Waals surface area contributed by atoms with Gasteiger partial charge in [0.25, 0.3) is 0 Å². The molecule has 0 aromatic carbocycles. The van der Waals surface area contributed by atoms with E-state index in [0.29, 0.717) is 53.1 Å². The van der Waals surface area contributed by atoms with Crippen molar-refractivity contribution in [2.24, 2.45) is 23.5 Å². The van der Waals surface area contributed by atoms with Crippen molar-refractivity contribution in [3.63, 3.8) is 0 Å². The molecule has 10 heterocycles. The van der Waals surface area contributed by atoms with E-state index in [0.717, 1.165) is 50.5 Å². The average molecular weight is 1100 g/mol. The summed E-state index contributed by atoms with van der Waals surface area (Å²) in [6.45, 7) is 29.5. The van der Waals surface area contributed by atoms with Crippen LogP contribution in [0.5, 0.6) is 0 Å². The van der Waals surface area contributed by atoms with Gasteiger partial charge in [-0.05, 0) is 181 Å². The van der Waals surface area contributed by atoms with Gasteiger partial charge >= 0.3 is 0 Å². The van der Waals surface area contributed by atoms with Gasteiger partial charge in [-0.1, -0.05) is 32.4 Å². The molecule has 10 rings (SSSR count). The van der Waals surface area contributed by atoms with E-state index in [4.69, 9.17) is 45.3 Å². The first-order valence-electron chi connectivity index (χ1n) is 25.6. The maximum Gasteiger partial charge on any atom is 0.224 e. The molecule has 0 bridgehead atoms. The molecule has 0 radical (unpaired) electrons. The minimum absolute atomic E-state index is 0. The predicted octanol–water partition coefficient (Wildman–Crippen LogP) is 10.6. The van der Waals surface area contributed by atoms with Gasteiger partial charge in [-0.2, -0.15) is 4.98 Å². The Balaban J connectivity index is 0.000000196. The fourth-order valence-corrected chi connectivity index (χ4v) is 13.8. The van der Waals surface area contributed by atoms with Crippen molar-refractivity contribution in [3.05, 3.63) is 39.7 Å². The largest absolute Gasteiger partial charge is 0.364 e. The molecular weight excluding hydrogens is 1020 g/mol. The maximum absolute atomic E-state index is 13.9. The molecule has 8 aliphatic rings. The van der Waals surface area contributed by atoms with E-state index >= 15 is 0 Å². The fourth-order valence-electron chi connectivity index (χ4n) is 13.3. The average Bonchev–Trinajstić information content (AvgIpc) is 4.13. The van der Waals surface area contributed by atoms with Crippen LogP contribution in [0.1, 0.15) is 160 Å². The maximum atomic E-state index is 13.9. The Hall–Kier alpha value is -0.890. The number of hydrogen-bond donors (Lipinski definition) is 3. The summed E-state index contributed by atoms with van der Waals surface area (Å²) in [7, 11) is 0. The number of fused-ring (bicyclic) bond motifs is 4. The zero-order chi connectivity index (χ0) is 52.1. The second-order valence-electron chi connectivity index (χ2n) is 23.5. The molecule has 8 fully saturated rings. The van der Waals surface area contributed by atoms with Crippen molar-refractivity contribution in [2.45, 2.75) is 218 Å². The molecule has 8 aliphatic heterocycles. The standard InChI is InChI=1S/C15H22ClFN4.C11H22N2.C11H19NO.C10H17NO.C4HCl2FN2.Ar.HNS/c1-9-11(19-13-10(17)8-18-14(16)20-13)7-15(2,3)21-6-4-5-12(9)21;1-8-9(12)7-11(2,3)13-6-4-5-10(8)13;1-8-9-5-4-6-12(9)11(2,3)7-10(8)13;1-10(2)7-9(12)6-8-4-3-5-11(8)10;5-3-2(7)1-8-4(6)9-3;;1-2/h8-9,11-12H,4-7H2,1-3H3,(H,18,19,20);8-10H,4-7,12H2,1-3H3;8-9H,4-7H2,1-3H3;8H,3-7H2,1-2H3;1H;;1H. The topological polar surface area (TPSA) is 161 Å². The zero-order valence-electron chi connectivity index (χ0n) is 44.0. The first-order valence-corrected chi connectivity index (χ1v) is 27.1. The third-order valence-electron chi connectivity index (χ3n) is 16.9. The SMILES string of the molecule is CC1(C)CC(=O)CC2CCCN21.CC1C(=O)CC(C)(C)N2CCCC12.CC1C(N)CC(C)(C)N2CCCC12.CC1C(Nc2nc(Cl)ncc2F)CC(C)(C)N2CCCC12.Fc1cnc(Cl)nc1Cl.N=S.[Ar]. The quantitative estimate of drug-likeness (QED) is 0.193. The Morgan fingerprint density at radius 1 is 0.662 bits per heavy atom. The van der Waals surface area contributed by atoms with Crippen molar-refractivity contribution >= 4 is 64.6 Å². The molecule has 4 N–H and O–H groups in total. The molecule has 9 unspecified atom stereocenters. The van der Waals surface area contributed by atoms with E-state index in [9.17, 15) is 18.4 Å². The van der Waals surface area contributed by atoms with Crippen LogP contribution in [0.3, 0.4) is 0 Å². The van der Waals surface area contributed by atoms with Gasteiger partial charge in [-0.15, -0.1) is 0 Å². The molecule has 8 saturated heterocycles. The molecule has 0 amide bonds. The van der Waals surface area contributed by atoms with Crippen LogP contribution < -0.4 is 11.1 Å². The normalized spacial score (nSPS) is 32.0. The number of nitrogens with one attached hydrogen (secondary N) is 2. The number of ketones is 2. The van der Waals surface area contributed by atoms with Crippen LogP contribution in [0.2, 0.25) is 15.7 Å². The summed E-state index contributed by atoms with van der Waals surface area (Å²) >= 11 is 19.6. The molecule has 13 nitrogen and oxygen atoms in total. The van der Waals surface area contributed by atoms with Gasteiger partial charge in [-0.25, -0.2) is 28.5 Å². The van der Waals surface area contributed by atoms with Crippen LogP contribution in [0.15, 0.2) is 12.4 Å². The van der Waals surface area contributed by atoms with Gasteiger partial charge in [-0.3, -0.25) is 29.2 Å². The van der Waals surface area contributed by atoms with Crippen molar-refractivity contribution in [3.8, 4) is 0 Å². The Bertz CT molecular complexity index is 2100. The molecule has 0 spiro atoms. The predicted molar refractivity (Wildman–Crippen MR) is 280 cm³/mol. The molecule has 9 atom stereocenters. The van der Waals surface area contributed by atoms with Gasteiger partial charge in [0.1, 0.15) is 11.6 Å². The van der Waals surface area contributed by atoms with Crippen molar-refractivity contribution in [1.82, 2.24) is 39.5 Å². The summed E-state index contributed by atoms with van der Waals surface area (Å²) in [6, 6.07) is 3.04. The van der Waals surface area contributed by atoms with Crippen LogP contribution >= 0.6 is 34.8 Å². The monoisotopic (exact) mass is 1100 g/mol. The molecule has 20 heteroatoms. The van der Waals surface area contributed by atoms with E-state index in [1.165, 1.54) is 77.5 Å². The summed E-state index contributed by atoms with van der Waals surface area (Å²) in [5.41, 5.74) is 6.90. The number of carbonyl (C=O) groups is 2. The Kier molecular flexibility index (Phi) is 23.3. The molecular formula is C51H82ArCl3F2N11O2S. The molecule has 2 aromatic rings. The van der Waals surface area contributed by atoms with Crippen LogP contribution in [0.25, 0.3) is 0 Å². The van der Waals surface area contributed by atoms with Gasteiger partial charge in [0.05, 0.1) is 12.4 Å². The number of Topliss-reactive ketones (excluding diaryl/α,β-unsaturated/α-hetero) is 2. The number of aromatic nitrogens is 4. The van der Waals surface area contributed by atoms with Crippen molar-refractivity contribution in [1.29, 1.82) is 4.78 Å². The van der Waals surface area contributed by atoms with Gasteiger partial charge in [0, 0.05) is 134 Å². The second kappa shape index (κ2) is 26.4. The summed E-state index contributed by atoms with van der Waals surface area (Å²) < 4.78 is 31.4. The number of piperidine rings is 4. The molecule has 0 aliphatic carbocycles. The van der Waals surface area contributed by atoms with Crippen LogP contribution in [-0.2, 0) is 22.0 Å². The molecule has 71 heavy (non-hydrogen) atoms. The summed E-state index contributed by atoms with van der Waals surface area (Å²) in [5, 5.41) is 3.04. The Morgan fingerprint density at radius 2 is 1.13 bits per heavy atom. The van der Waals surface area contributed by atoms with Crippen LogP contribution in [-0.4, -0.2) is 136 Å². The number of rotatable bonds is 2. The van der Waals surface area contributed by atoms with E-state index < -0.39 is 11.6 Å². The number of nitrogens with two attached hydrogens (primary N) is 1. The number of nitrogens with zero attached hydrogens (tertiary/aromatic N) is 8. The van der Waals surface area contributed by atoms with Crippen molar-refractivity contribution < 1.29 is 56.1 Å². The Labute approximate surface area is 474 Å². The number of anilines is 1.